The van der Waals surface area contributed by atoms with Crippen LogP contribution < -0.4 is 4.74 Å². The number of rotatable bonds is 3. The first kappa shape index (κ1) is 15.6. The predicted octanol–water partition coefficient (Wildman–Crippen LogP) is 2.65. The second kappa shape index (κ2) is 6.55. The van der Waals surface area contributed by atoms with Gasteiger partial charge in [0.2, 0.25) is 0 Å². The van der Waals surface area contributed by atoms with Gasteiger partial charge in [-0.15, -0.1) is 0 Å². The summed E-state index contributed by atoms with van der Waals surface area (Å²) in [5.41, 5.74) is 1.56. The summed E-state index contributed by atoms with van der Waals surface area (Å²) in [5, 5.41) is 1.13. The van der Waals surface area contributed by atoms with Gasteiger partial charge in [0.05, 0.1) is 11.7 Å². The number of carbonyl (C=O) groups excluding carboxylic acids is 1. The first-order valence-electron chi connectivity index (χ1n) is 8.48. The van der Waals surface area contributed by atoms with Crippen LogP contribution in [0.4, 0.5) is 0 Å². The van der Waals surface area contributed by atoms with Crippen molar-refractivity contribution in [3.63, 3.8) is 0 Å². The Morgan fingerprint density at radius 2 is 2.04 bits per heavy atom. The Bertz CT molecular complexity index is 883. The SMILES string of the molecule is Cn1ccc2c(OC3CCN(C(=O)c4cnccn4)CC3)cccc21. The number of likely N-dealkylation sites (tertiary alicyclic amines) is 1. The maximum Gasteiger partial charge on any atom is 0.274 e. The largest absolute Gasteiger partial charge is 0.490 e. The van der Waals surface area contributed by atoms with Gasteiger partial charge in [-0.3, -0.25) is 9.78 Å². The molecule has 0 atom stereocenters. The normalized spacial score (nSPS) is 15.5. The van der Waals surface area contributed by atoms with Gasteiger partial charge in [-0.05, 0) is 18.2 Å². The molecule has 4 rings (SSSR count). The van der Waals surface area contributed by atoms with Crippen molar-refractivity contribution < 1.29 is 9.53 Å². The van der Waals surface area contributed by atoms with Crippen LogP contribution in [-0.2, 0) is 7.05 Å². The highest BCUT2D eigenvalue weighted by Gasteiger charge is 2.25. The van der Waals surface area contributed by atoms with Crippen molar-refractivity contribution >= 4 is 16.8 Å². The molecule has 0 saturated carbocycles. The second-order valence-corrected chi connectivity index (χ2v) is 6.32. The Balaban J connectivity index is 1.41. The molecule has 6 nitrogen and oxygen atoms in total. The zero-order valence-electron chi connectivity index (χ0n) is 14.1. The van der Waals surface area contributed by atoms with Crippen LogP contribution in [0.1, 0.15) is 23.3 Å². The number of aromatic nitrogens is 3. The molecule has 0 radical (unpaired) electrons. The van der Waals surface area contributed by atoms with Gasteiger partial charge in [0.15, 0.2) is 0 Å². The lowest BCUT2D eigenvalue weighted by Gasteiger charge is -2.32. The third kappa shape index (κ3) is 3.07. The molecule has 6 heteroatoms. The van der Waals surface area contributed by atoms with Gasteiger partial charge in [0, 0.05) is 57.0 Å². The highest BCUT2D eigenvalue weighted by atomic mass is 16.5. The van der Waals surface area contributed by atoms with Crippen LogP contribution in [0, 0.1) is 0 Å². The Labute approximate surface area is 146 Å². The van der Waals surface area contributed by atoms with E-state index >= 15 is 0 Å². The van der Waals surface area contributed by atoms with Crippen LogP contribution in [0.2, 0.25) is 0 Å². The summed E-state index contributed by atoms with van der Waals surface area (Å²) in [6, 6.07) is 8.20. The number of benzene rings is 1. The van der Waals surface area contributed by atoms with Gasteiger partial charge in [-0.1, -0.05) is 6.07 Å². The lowest BCUT2D eigenvalue weighted by Crippen LogP contribution is -2.42. The molecule has 1 saturated heterocycles. The molecule has 3 aromatic rings. The van der Waals surface area contributed by atoms with Gasteiger partial charge >= 0.3 is 0 Å². The number of aryl methyl sites for hydroxylation is 1. The van der Waals surface area contributed by atoms with Crippen LogP contribution >= 0.6 is 0 Å². The third-order valence-corrected chi connectivity index (χ3v) is 4.69. The van der Waals surface area contributed by atoms with Crippen LogP contribution in [-0.4, -0.2) is 44.5 Å². The van der Waals surface area contributed by atoms with E-state index < -0.39 is 0 Å². The molecule has 1 amide bonds. The number of piperidine rings is 1. The van der Waals surface area contributed by atoms with E-state index in [4.69, 9.17) is 4.74 Å². The number of ether oxygens (including phenoxy) is 1. The topological polar surface area (TPSA) is 60.2 Å². The van der Waals surface area contributed by atoms with Crippen molar-refractivity contribution in [3.05, 3.63) is 54.7 Å². The molecule has 0 N–H and O–H groups in total. The molecule has 0 spiro atoms. The zero-order chi connectivity index (χ0) is 17.2. The van der Waals surface area contributed by atoms with E-state index in [9.17, 15) is 4.79 Å². The van der Waals surface area contributed by atoms with Crippen molar-refractivity contribution in [1.29, 1.82) is 0 Å². The molecule has 1 aromatic carbocycles. The van der Waals surface area contributed by atoms with Gasteiger partial charge in [0.25, 0.3) is 5.91 Å². The average Bonchev–Trinajstić information content (AvgIpc) is 3.05. The quantitative estimate of drug-likeness (QED) is 0.738. The molecule has 1 aliphatic heterocycles. The minimum atomic E-state index is -0.0586. The summed E-state index contributed by atoms with van der Waals surface area (Å²) < 4.78 is 8.32. The Hall–Kier alpha value is -2.89. The molecule has 0 unspecified atom stereocenters. The van der Waals surface area contributed by atoms with E-state index in [1.165, 1.54) is 6.20 Å². The lowest BCUT2D eigenvalue weighted by molar-refractivity contribution is 0.0592. The maximum absolute atomic E-state index is 12.4. The first-order valence-corrected chi connectivity index (χ1v) is 8.48. The summed E-state index contributed by atoms with van der Waals surface area (Å²) in [4.78, 5) is 22.3. The number of hydrogen-bond acceptors (Lipinski definition) is 4. The summed E-state index contributed by atoms with van der Waals surface area (Å²) in [7, 11) is 2.03. The molecule has 0 aliphatic carbocycles. The Kier molecular flexibility index (Phi) is 4.09. The van der Waals surface area contributed by atoms with Crippen LogP contribution in [0.15, 0.2) is 49.1 Å². The summed E-state index contributed by atoms with van der Waals surface area (Å²) in [6.07, 6.45) is 8.42. The fraction of sp³-hybridized carbons (Fsp3) is 0.316. The van der Waals surface area contributed by atoms with Crippen LogP contribution in [0.5, 0.6) is 5.75 Å². The van der Waals surface area contributed by atoms with Crippen LogP contribution in [0.3, 0.4) is 0 Å². The molecule has 3 heterocycles. The van der Waals surface area contributed by atoms with E-state index in [1.54, 1.807) is 12.4 Å². The number of nitrogens with zero attached hydrogens (tertiary/aromatic N) is 4. The van der Waals surface area contributed by atoms with Gasteiger partial charge < -0.3 is 14.2 Å². The minimum absolute atomic E-state index is 0.0586. The molecular formula is C19H20N4O2. The van der Waals surface area contributed by atoms with Crippen molar-refractivity contribution in [2.24, 2.45) is 7.05 Å². The van der Waals surface area contributed by atoms with Crippen molar-refractivity contribution in [3.8, 4) is 5.75 Å². The zero-order valence-corrected chi connectivity index (χ0v) is 14.1. The van der Waals surface area contributed by atoms with E-state index in [-0.39, 0.29) is 12.0 Å². The van der Waals surface area contributed by atoms with E-state index in [2.05, 4.69) is 26.7 Å². The molecule has 0 bridgehead atoms. The second-order valence-electron chi connectivity index (χ2n) is 6.32. The maximum atomic E-state index is 12.4. The molecule has 25 heavy (non-hydrogen) atoms. The summed E-state index contributed by atoms with van der Waals surface area (Å²) >= 11 is 0. The lowest BCUT2D eigenvalue weighted by atomic mass is 10.1. The highest BCUT2D eigenvalue weighted by Crippen LogP contribution is 2.28. The van der Waals surface area contributed by atoms with Crippen LogP contribution in [0.25, 0.3) is 10.9 Å². The third-order valence-electron chi connectivity index (χ3n) is 4.69. The van der Waals surface area contributed by atoms with E-state index in [1.807, 2.05) is 30.3 Å². The van der Waals surface area contributed by atoms with Gasteiger partial charge in [-0.25, -0.2) is 4.98 Å². The smallest absolute Gasteiger partial charge is 0.274 e. The molecular weight excluding hydrogens is 316 g/mol. The number of amides is 1. The summed E-state index contributed by atoms with van der Waals surface area (Å²) in [6.45, 7) is 1.34. The predicted molar refractivity (Wildman–Crippen MR) is 94.5 cm³/mol. The number of fused-ring (bicyclic) bond motifs is 1. The molecule has 128 valence electrons. The van der Waals surface area contributed by atoms with Crippen molar-refractivity contribution in [2.45, 2.75) is 18.9 Å². The molecule has 1 aliphatic rings. The standard InChI is InChI=1S/C19H20N4O2/c1-22-10-7-15-17(22)3-2-4-18(15)25-14-5-11-23(12-6-14)19(24)16-13-20-8-9-21-16/h2-4,7-10,13-14H,5-6,11-12H2,1H3. The van der Waals surface area contributed by atoms with Gasteiger partial charge in [-0.2, -0.15) is 0 Å². The molecule has 2 aromatic heterocycles. The molecule has 1 fully saturated rings. The number of hydrogen-bond donors (Lipinski definition) is 0. The first-order chi connectivity index (χ1) is 12.2. The van der Waals surface area contributed by atoms with E-state index in [0.717, 1.165) is 29.5 Å². The number of carbonyl (C=O) groups is 1. The fourth-order valence-corrected chi connectivity index (χ4v) is 3.30. The monoisotopic (exact) mass is 336 g/mol. The van der Waals surface area contributed by atoms with Gasteiger partial charge in [0.1, 0.15) is 17.5 Å². The minimum Gasteiger partial charge on any atom is -0.490 e. The van der Waals surface area contributed by atoms with Crippen molar-refractivity contribution in [1.82, 2.24) is 19.4 Å². The average molecular weight is 336 g/mol. The van der Waals surface area contributed by atoms with E-state index in [0.29, 0.717) is 18.8 Å². The Morgan fingerprint density at radius 1 is 1.20 bits per heavy atom. The summed E-state index contributed by atoms with van der Waals surface area (Å²) in [5.74, 6) is 0.855. The van der Waals surface area contributed by atoms with Crippen molar-refractivity contribution in [2.75, 3.05) is 13.1 Å². The Morgan fingerprint density at radius 3 is 2.80 bits per heavy atom. The highest BCUT2D eigenvalue weighted by molar-refractivity contribution is 5.92. The fourth-order valence-electron chi connectivity index (χ4n) is 3.30.